The smallest absolute Gasteiger partial charge is 0.140 e. The second-order valence-electron chi connectivity index (χ2n) is 6.57. The van der Waals surface area contributed by atoms with Gasteiger partial charge in [0, 0.05) is 30.2 Å². The zero-order valence-corrected chi connectivity index (χ0v) is 16.5. The Kier molecular flexibility index (Phi) is 6.12. The third-order valence-electron chi connectivity index (χ3n) is 5.01. The highest BCUT2D eigenvalue weighted by atomic mass is 32.1. The van der Waals surface area contributed by atoms with Crippen molar-refractivity contribution in [2.45, 2.75) is 26.7 Å². The molecule has 2 heterocycles. The van der Waals surface area contributed by atoms with Crippen molar-refractivity contribution >= 4 is 28.5 Å². The minimum absolute atomic E-state index is 0.457. The normalized spacial score (nSPS) is 13.8. The largest absolute Gasteiger partial charge is 0.344 e. The number of nitrogens with zero attached hydrogens (tertiary/aromatic N) is 2. The van der Waals surface area contributed by atoms with Gasteiger partial charge >= 0.3 is 0 Å². The number of fused-ring (bicyclic) bond motifs is 1. The van der Waals surface area contributed by atoms with Crippen LogP contribution in [0.1, 0.15) is 30.7 Å². The van der Waals surface area contributed by atoms with Crippen LogP contribution in [0.3, 0.4) is 0 Å². The van der Waals surface area contributed by atoms with Crippen LogP contribution in [0, 0.1) is 5.41 Å². The van der Waals surface area contributed by atoms with Crippen LogP contribution in [0.2, 0.25) is 0 Å². The van der Waals surface area contributed by atoms with Crippen molar-refractivity contribution < 1.29 is 0 Å². The van der Waals surface area contributed by atoms with E-state index < -0.39 is 0 Å². The third-order valence-corrected chi connectivity index (χ3v) is 5.89. The molecular weight excluding hydrogens is 340 g/mol. The lowest BCUT2D eigenvalue weighted by Gasteiger charge is -2.35. The molecule has 0 unspecified atom stereocenters. The van der Waals surface area contributed by atoms with E-state index >= 15 is 0 Å². The average molecular weight is 369 g/mol. The number of hydrogen-bond acceptors (Lipinski definition) is 4. The van der Waals surface area contributed by atoms with Gasteiger partial charge in [0.05, 0.1) is 4.88 Å². The van der Waals surface area contributed by atoms with Crippen molar-refractivity contribution in [2.75, 3.05) is 36.4 Å². The number of nitrogens with one attached hydrogen (secondary N) is 2. The van der Waals surface area contributed by atoms with Gasteiger partial charge in [-0.05, 0) is 61.1 Å². The van der Waals surface area contributed by atoms with Crippen LogP contribution in [0.4, 0.5) is 11.4 Å². The standard InChI is InChI=1S/C21H28N4S/c1-4-24(5-2)12-13-25-16(3)8-9-17-15-18(10-11-19(17)25)23-21(22)20-7-6-14-26-20/h6-7,10-11,14-15H,3-5,8-9,12-13H2,1-2H3,(H2,22,23). The highest BCUT2D eigenvalue weighted by Gasteiger charge is 2.20. The molecule has 4 nitrogen and oxygen atoms in total. The second kappa shape index (κ2) is 8.52. The fourth-order valence-corrected chi connectivity index (χ4v) is 4.03. The molecule has 0 fully saturated rings. The van der Waals surface area contributed by atoms with Crippen molar-refractivity contribution in [2.24, 2.45) is 0 Å². The Bertz CT molecular complexity index is 762. The molecule has 0 bridgehead atoms. The number of thiophene rings is 1. The first-order chi connectivity index (χ1) is 12.6. The first-order valence-corrected chi connectivity index (χ1v) is 10.2. The quantitative estimate of drug-likeness (QED) is 0.545. The molecule has 5 heteroatoms. The lowest BCUT2D eigenvalue weighted by Crippen LogP contribution is -2.36. The fourth-order valence-electron chi connectivity index (χ4n) is 3.40. The van der Waals surface area contributed by atoms with Crippen LogP contribution in [-0.2, 0) is 6.42 Å². The Labute approximate surface area is 160 Å². The van der Waals surface area contributed by atoms with Crippen molar-refractivity contribution in [3.05, 3.63) is 58.4 Å². The van der Waals surface area contributed by atoms with Gasteiger partial charge in [0.1, 0.15) is 5.84 Å². The molecule has 2 N–H and O–H groups in total. The van der Waals surface area contributed by atoms with Crippen LogP contribution < -0.4 is 10.2 Å². The molecule has 138 valence electrons. The molecule has 2 aromatic rings. The maximum atomic E-state index is 8.22. The Morgan fingerprint density at radius 1 is 1.27 bits per heavy atom. The van der Waals surface area contributed by atoms with Gasteiger partial charge < -0.3 is 15.1 Å². The number of benzene rings is 1. The molecular formula is C21H28N4S. The minimum Gasteiger partial charge on any atom is -0.344 e. The number of rotatable bonds is 7. The van der Waals surface area contributed by atoms with E-state index in [-0.39, 0.29) is 0 Å². The van der Waals surface area contributed by atoms with Crippen LogP contribution in [-0.4, -0.2) is 36.9 Å². The Hall–Kier alpha value is -2.11. The van der Waals surface area contributed by atoms with E-state index in [1.807, 2.05) is 17.5 Å². The first-order valence-electron chi connectivity index (χ1n) is 9.32. The lowest BCUT2D eigenvalue weighted by atomic mass is 9.99. The number of likely N-dealkylation sites (N-methyl/N-ethyl adjacent to an activating group) is 1. The summed E-state index contributed by atoms with van der Waals surface area (Å²) in [5.41, 5.74) is 4.79. The molecule has 26 heavy (non-hydrogen) atoms. The van der Waals surface area contributed by atoms with Gasteiger partial charge in [-0.2, -0.15) is 0 Å². The Morgan fingerprint density at radius 2 is 2.08 bits per heavy atom. The van der Waals surface area contributed by atoms with E-state index in [1.165, 1.54) is 16.9 Å². The molecule has 3 rings (SSSR count). The zero-order valence-electron chi connectivity index (χ0n) is 15.7. The molecule has 1 aromatic heterocycles. The van der Waals surface area contributed by atoms with Crippen molar-refractivity contribution in [1.29, 1.82) is 5.41 Å². The average Bonchev–Trinajstić information content (AvgIpc) is 3.19. The van der Waals surface area contributed by atoms with E-state index in [9.17, 15) is 0 Å². The zero-order chi connectivity index (χ0) is 18.5. The third kappa shape index (κ3) is 4.17. The Balaban J connectivity index is 1.74. The van der Waals surface area contributed by atoms with Gasteiger partial charge in [0.25, 0.3) is 0 Å². The van der Waals surface area contributed by atoms with E-state index in [2.05, 4.69) is 53.7 Å². The highest BCUT2D eigenvalue weighted by Crippen LogP contribution is 2.34. The molecule has 0 atom stereocenters. The summed E-state index contributed by atoms with van der Waals surface area (Å²) >= 11 is 1.58. The maximum Gasteiger partial charge on any atom is 0.140 e. The predicted octanol–water partition coefficient (Wildman–Crippen LogP) is 4.79. The number of amidine groups is 1. The number of anilines is 2. The number of hydrogen-bond donors (Lipinski definition) is 2. The van der Waals surface area contributed by atoms with Gasteiger partial charge in [-0.25, -0.2) is 0 Å². The van der Waals surface area contributed by atoms with E-state index in [0.29, 0.717) is 5.84 Å². The monoisotopic (exact) mass is 368 g/mol. The molecule has 0 saturated heterocycles. The molecule has 0 amide bonds. The molecule has 1 aromatic carbocycles. The van der Waals surface area contributed by atoms with Gasteiger partial charge in [-0.1, -0.05) is 26.5 Å². The summed E-state index contributed by atoms with van der Waals surface area (Å²) in [6, 6.07) is 10.4. The fraction of sp³-hybridized carbons (Fsp3) is 0.381. The van der Waals surface area contributed by atoms with Gasteiger partial charge in [0.15, 0.2) is 0 Å². The molecule has 0 aliphatic carbocycles. The van der Waals surface area contributed by atoms with Crippen LogP contribution >= 0.6 is 11.3 Å². The van der Waals surface area contributed by atoms with Crippen molar-refractivity contribution in [3.8, 4) is 0 Å². The maximum absolute atomic E-state index is 8.22. The predicted molar refractivity (Wildman–Crippen MR) is 114 cm³/mol. The number of aryl methyl sites for hydroxylation is 1. The molecule has 0 spiro atoms. The van der Waals surface area contributed by atoms with Gasteiger partial charge in [-0.15, -0.1) is 11.3 Å². The van der Waals surface area contributed by atoms with Gasteiger partial charge in [0.2, 0.25) is 0 Å². The molecule has 0 saturated carbocycles. The van der Waals surface area contributed by atoms with E-state index in [0.717, 1.165) is 49.6 Å². The highest BCUT2D eigenvalue weighted by molar-refractivity contribution is 7.12. The SMILES string of the molecule is C=C1CCc2cc(NC(=N)c3cccs3)ccc2N1CCN(CC)CC. The lowest BCUT2D eigenvalue weighted by molar-refractivity contribution is 0.310. The van der Waals surface area contributed by atoms with Gasteiger partial charge in [-0.3, -0.25) is 5.41 Å². The number of allylic oxidation sites excluding steroid dienone is 1. The molecule has 1 aliphatic rings. The molecule has 0 radical (unpaired) electrons. The summed E-state index contributed by atoms with van der Waals surface area (Å²) in [6.07, 6.45) is 2.01. The summed E-state index contributed by atoms with van der Waals surface area (Å²) in [5, 5.41) is 13.5. The van der Waals surface area contributed by atoms with Crippen LogP contribution in [0.25, 0.3) is 0 Å². The van der Waals surface area contributed by atoms with Crippen molar-refractivity contribution in [3.63, 3.8) is 0 Å². The summed E-state index contributed by atoms with van der Waals surface area (Å²) < 4.78 is 0. The first kappa shape index (κ1) is 18.7. The summed E-state index contributed by atoms with van der Waals surface area (Å²) in [5.74, 6) is 0.457. The topological polar surface area (TPSA) is 42.4 Å². The Morgan fingerprint density at radius 3 is 2.77 bits per heavy atom. The molecule has 1 aliphatic heterocycles. The van der Waals surface area contributed by atoms with Crippen LogP contribution in [0.5, 0.6) is 0 Å². The van der Waals surface area contributed by atoms with E-state index in [4.69, 9.17) is 5.41 Å². The van der Waals surface area contributed by atoms with Crippen LogP contribution in [0.15, 0.2) is 48.0 Å². The minimum atomic E-state index is 0.457. The summed E-state index contributed by atoms with van der Waals surface area (Å²) in [4.78, 5) is 5.77. The van der Waals surface area contributed by atoms with Crippen molar-refractivity contribution in [1.82, 2.24) is 4.90 Å². The summed E-state index contributed by atoms with van der Waals surface area (Å²) in [7, 11) is 0. The van der Waals surface area contributed by atoms with E-state index in [1.54, 1.807) is 11.3 Å². The second-order valence-corrected chi connectivity index (χ2v) is 7.51. The summed E-state index contributed by atoms with van der Waals surface area (Å²) in [6.45, 7) is 12.9.